The summed E-state index contributed by atoms with van der Waals surface area (Å²) in [6.07, 6.45) is 23.0. The molecule has 0 radical (unpaired) electrons. The van der Waals surface area contributed by atoms with Crippen LogP contribution in [0.25, 0.3) is 0 Å². The van der Waals surface area contributed by atoms with E-state index in [-0.39, 0.29) is 0 Å². The van der Waals surface area contributed by atoms with Crippen LogP contribution in [0.5, 0.6) is 0 Å². The SMILES string of the molecule is CCCCCCCCCCCC(C)(CCCCCCC)C(C)(C)C. The van der Waals surface area contributed by atoms with Crippen molar-refractivity contribution in [2.45, 2.75) is 144 Å². The van der Waals surface area contributed by atoms with E-state index in [2.05, 4.69) is 41.5 Å². The highest BCUT2D eigenvalue weighted by Crippen LogP contribution is 2.46. The molecular weight excluding hydrogens is 288 g/mol. The quantitative estimate of drug-likeness (QED) is 0.246. The first-order valence-electron chi connectivity index (χ1n) is 11.4. The molecule has 0 aromatic heterocycles. The zero-order valence-corrected chi connectivity index (χ0v) is 18.3. The van der Waals surface area contributed by atoms with Crippen LogP contribution in [0.1, 0.15) is 144 Å². The van der Waals surface area contributed by atoms with Crippen molar-refractivity contribution in [3.8, 4) is 0 Å². The Bertz CT molecular complexity index is 260. The summed E-state index contributed by atoms with van der Waals surface area (Å²) in [7, 11) is 0. The van der Waals surface area contributed by atoms with Gasteiger partial charge in [0.15, 0.2) is 0 Å². The Hall–Kier alpha value is 0. The van der Waals surface area contributed by atoms with Gasteiger partial charge in [0.25, 0.3) is 0 Å². The maximum Gasteiger partial charge on any atom is -0.0277 e. The van der Waals surface area contributed by atoms with Gasteiger partial charge in [0.2, 0.25) is 0 Å². The molecule has 0 fully saturated rings. The van der Waals surface area contributed by atoms with Crippen LogP contribution in [0.3, 0.4) is 0 Å². The van der Waals surface area contributed by atoms with Crippen molar-refractivity contribution in [2.75, 3.05) is 0 Å². The Labute approximate surface area is 155 Å². The molecule has 0 heteroatoms. The third-order valence-corrected chi connectivity index (χ3v) is 6.47. The highest BCUT2D eigenvalue weighted by Gasteiger charge is 2.35. The summed E-state index contributed by atoms with van der Waals surface area (Å²) in [5, 5.41) is 0. The summed E-state index contributed by atoms with van der Waals surface area (Å²) in [6, 6.07) is 0. The lowest BCUT2D eigenvalue weighted by Crippen LogP contribution is -2.32. The minimum Gasteiger partial charge on any atom is -0.0654 e. The Morgan fingerprint density at radius 2 is 0.708 bits per heavy atom. The van der Waals surface area contributed by atoms with Crippen LogP contribution in [0.2, 0.25) is 0 Å². The van der Waals surface area contributed by atoms with E-state index >= 15 is 0 Å². The molecule has 0 bridgehead atoms. The van der Waals surface area contributed by atoms with Gasteiger partial charge in [0, 0.05) is 0 Å². The van der Waals surface area contributed by atoms with E-state index in [0.29, 0.717) is 10.8 Å². The van der Waals surface area contributed by atoms with Gasteiger partial charge in [-0.2, -0.15) is 0 Å². The van der Waals surface area contributed by atoms with Crippen molar-refractivity contribution in [1.29, 1.82) is 0 Å². The summed E-state index contributed by atoms with van der Waals surface area (Å²) in [5.74, 6) is 0. The molecule has 0 amide bonds. The molecule has 0 rings (SSSR count). The number of hydrogen-bond acceptors (Lipinski definition) is 0. The molecule has 0 aliphatic heterocycles. The van der Waals surface area contributed by atoms with Gasteiger partial charge in [-0.05, 0) is 23.7 Å². The average molecular weight is 339 g/mol. The molecule has 0 aliphatic rings. The highest BCUT2D eigenvalue weighted by molar-refractivity contribution is 4.86. The van der Waals surface area contributed by atoms with Gasteiger partial charge in [0.1, 0.15) is 0 Å². The molecule has 0 spiro atoms. The third kappa shape index (κ3) is 11.5. The second kappa shape index (κ2) is 14.2. The summed E-state index contributed by atoms with van der Waals surface area (Å²) in [5.41, 5.74) is 0.970. The van der Waals surface area contributed by atoms with Gasteiger partial charge in [-0.25, -0.2) is 0 Å². The molecule has 0 aromatic rings. The molecule has 0 saturated carbocycles. The van der Waals surface area contributed by atoms with E-state index in [4.69, 9.17) is 0 Å². The molecule has 0 aliphatic carbocycles. The van der Waals surface area contributed by atoms with E-state index in [1.807, 2.05) is 0 Å². The fourth-order valence-corrected chi connectivity index (χ4v) is 3.82. The fourth-order valence-electron chi connectivity index (χ4n) is 3.82. The first kappa shape index (κ1) is 24.0. The molecule has 0 N–H and O–H groups in total. The van der Waals surface area contributed by atoms with Crippen molar-refractivity contribution in [1.82, 2.24) is 0 Å². The van der Waals surface area contributed by atoms with Gasteiger partial charge in [-0.1, -0.05) is 131 Å². The molecule has 0 saturated heterocycles. The Balaban J connectivity index is 3.90. The van der Waals surface area contributed by atoms with Gasteiger partial charge in [0.05, 0.1) is 0 Å². The molecule has 146 valence electrons. The van der Waals surface area contributed by atoms with Crippen LogP contribution >= 0.6 is 0 Å². The van der Waals surface area contributed by atoms with Gasteiger partial charge < -0.3 is 0 Å². The van der Waals surface area contributed by atoms with Crippen molar-refractivity contribution >= 4 is 0 Å². The molecule has 24 heavy (non-hydrogen) atoms. The second-order valence-electron chi connectivity index (χ2n) is 9.55. The largest absolute Gasteiger partial charge is 0.0654 e. The molecule has 0 heterocycles. The molecule has 0 aromatic carbocycles. The Morgan fingerprint density at radius 1 is 0.417 bits per heavy atom. The number of rotatable bonds is 16. The monoisotopic (exact) mass is 338 g/mol. The van der Waals surface area contributed by atoms with Crippen LogP contribution in [-0.2, 0) is 0 Å². The first-order chi connectivity index (χ1) is 11.4. The lowest BCUT2D eigenvalue weighted by molar-refractivity contribution is 0.0776. The van der Waals surface area contributed by atoms with Crippen LogP contribution < -0.4 is 0 Å². The number of unbranched alkanes of at least 4 members (excludes halogenated alkanes) is 12. The zero-order chi connectivity index (χ0) is 18.3. The van der Waals surface area contributed by atoms with Gasteiger partial charge in [-0.15, -0.1) is 0 Å². The molecular formula is C24H50. The van der Waals surface area contributed by atoms with Crippen molar-refractivity contribution in [3.63, 3.8) is 0 Å². The maximum absolute atomic E-state index is 2.57. The smallest absolute Gasteiger partial charge is 0.0277 e. The minimum atomic E-state index is 0.442. The standard InChI is InChI=1S/C24H50/c1-7-9-11-13-14-15-16-18-20-22-24(6,23(3,4)5)21-19-17-12-10-8-2/h7-22H2,1-6H3. The van der Waals surface area contributed by atoms with E-state index in [9.17, 15) is 0 Å². The van der Waals surface area contributed by atoms with Crippen LogP contribution in [-0.4, -0.2) is 0 Å². The summed E-state index contributed by atoms with van der Waals surface area (Å²) in [4.78, 5) is 0. The van der Waals surface area contributed by atoms with Crippen LogP contribution in [0.4, 0.5) is 0 Å². The minimum absolute atomic E-state index is 0.442. The topological polar surface area (TPSA) is 0 Å². The van der Waals surface area contributed by atoms with E-state index in [1.165, 1.54) is 103 Å². The van der Waals surface area contributed by atoms with Gasteiger partial charge >= 0.3 is 0 Å². The van der Waals surface area contributed by atoms with Crippen LogP contribution in [0, 0.1) is 10.8 Å². The average Bonchev–Trinajstić information content (AvgIpc) is 2.52. The molecule has 0 nitrogen and oxygen atoms in total. The lowest BCUT2D eigenvalue weighted by atomic mass is 9.63. The van der Waals surface area contributed by atoms with Gasteiger partial charge in [-0.3, -0.25) is 0 Å². The van der Waals surface area contributed by atoms with E-state index < -0.39 is 0 Å². The third-order valence-electron chi connectivity index (χ3n) is 6.47. The Morgan fingerprint density at radius 3 is 1.00 bits per heavy atom. The first-order valence-corrected chi connectivity index (χ1v) is 11.4. The fraction of sp³-hybridized carbons (Fsp3) is 1.00. The zero-order valence-electron chi connectivity index (χ0n) is 18.3. The normalized spacial score (nSPS) is 14.8. The van der Waals surface area contributed by atoms with Crippen molar-refractivity contribution < 1.29 is 0 Å². The molecule has 1 unspecified atom stereocenters. The Kier molecular flexibility index (Phi) is 14.2. The maximum atomic E-state index is 2.57. The van der Waals surface area contributed by atoms with Crippen LogP contribution in [0.15, 0.2) is 0 Å². The number of hydrogen-bond donors (Lipinski definition) is 0. The summed E-state index contributed by atoms with van der Waals surface area (Å²) < 4.78 is 0. The second-order valence-corrected chi connectivity index (χ2v) is 9.55. The lowest BCUT2D eigenvalue weighted by Gasteiger charge is -2.43. The predicted octanol–water partition coefficient (Wildman–Crippen LogP) is 9.32. The summed E-state index contributed by atoms with van der Waals surface area (Å²) in [6.45, 7) is 14.6. The highest BCUT2D eigenvalue weighted by atomic mass is 14.4. The van der Waals surface area contributed by atoms with E-state index in [0.717, 1.165) is 0 Å². The van der Waals surface area contributed by atoms with Crippen molar-refractivity contribution in [2.24, 2.45) is 10.8 Å². The van der Waals surface area contributed by atoms with E-state index in [1.54, 1.807) is 0 Å². The van der Waals surface area contributed by atoms with Crippen molar-refractivity contribution in [3.05, 3.63) is 0 Å². The predicted molar refractivity (Wildman–Crippen MR) is 113 cm³/mol. The molecule has 1 atom stereocenters. The summed E-state index contributed by atoms with van der Waals surface area (Å²) >= 11 is 0.